The van der Waals surface area contributed by atoms with Gasteiger partial charge in [-0.2, -0.15) is 0 Å². The summed E-state index contributed by atoms with van der Waals surface area (Å²) in [6, 6.07) is 2.25. The van der Waals surface area contributed by atoms with Gasteiger partial charge in [-0.3, -0.25) is 0 Å². The number of nitrogens with zero attached hydrogens (tertiary/aromatic N) is 3. The highest BCUT2D eigenvalue weighted by Crippen LogP contribution is 2.25. The molecule has 2 heterocycles. The minimum absolute atomic E-state index is 0.417. The van der Waals surface area contributed by atoms with Crippen molar-refractivity contribution in [3.63, 3.8) is 0 Å². The number of halogens is 1. The molecule has 1 fully saturated rings. The topological polar surface area (TPSA) is 38.2 Å². The van der Waals surface area contributed by atoms with Crippen LogP contribution in [0.1, 0.15) is 25.6 Å². The van der Waals surface area contributed by atoms with E-state index in [0.717, 1.165) is 37.8 Å². The highest BCUT2D eigenvalue weighted by atomic mass is 35.5. The van der Waals surface area contributed by atoms with E-state index in [0.29, 0.717) is 11.2 Å². The van der Waals surface area contributed by atoms with E-state index in [4.69, 9.17) is 16.3 Å². The smallest absolute Gasteiger partial charge is 0.134 e. The molecule has 1 atom stereocenters. The first-order valence-corrected chi connectivity index (χ1v) is 6.44. The maximum atomic E-state index is 5.97. The zero-order valence-corrected chi connectivity index (χ0v) is 11.1. The van der Waals surface area contributed by atoms with Crippen molar-refractivity contribution in [1.29, 1.82) is 0 Å². The first-order chi connectivity index (χ1) is 8.20. The molecular formula is C12H18ClN3O. The van der Waals surface area contributed by atoms with Crippen LogP contribution in [-0.4, -0.2) is 35.8 Å². The first kappa shape index (κ1) is 12.6. The number of rotatable bonds is 4. The molecule has 0 aliphatic carbocycles. The van der Waals surface area contributed by atoms with E-state index in [-0.39, 0.29) is 0 Å². The van der Waals surface area contributed by atoms with Crippen molar-refractivity contribution >= 4 is 17.4 Å². The second kappa shape index (κ2) is 5.65. The first-order valence-electron chi connectivity index (χ1n) is 6.06. The Hall–Kier alpha value is -0.870. The van der Waals surface area contributed by atoms with Crippen molar-refractivity contribution in [2.24, 2.45) is 0 Å². The van der Waals surface area contributed by atoms with Crippen LogP contribution >= 0.6 is 11.6 Å². The van der Waals surface area contributed by atoms with Gasteiger partial charge in [0, 0.05) is 19.2 Å². The average Bonchev–Trinajstić information content (AvgIpc) is 2.73. The minimum Gasteiger partial charge on any atom is -0.380 e. The van der Waals surface area contributed by atoms with Gasteiger partial charge in [-0.05, 0) is 26.7 Å². The molecule has 1 aliphatic rings. The van der Waals surface area contributed by atoms with Crippen LogP contribution in [0.2, 0.25) is 5.15 Å². The fraction of sp³-hybridized carbons (Fsp3) is 0.667. The molecule has 94 valence electrons. The maximum Gasteiger partial charge on any atom is 0.134 e. The molecule has 1 aromatic heterocycles. The largest absolute Gasteiger partial charge is 0.380 e. The molecule has 1 saturated heterocycles. The molecule has 2 rings (SSSR count). The lowest BCUT2D eigenvalue weighted by atomic mass is 10.2. The van der Waals surface area contributed by atoms with Crippen LogP contribution in [0, 0.1) is 6.92 Å². The molecule has 0 spiro atoms. The molecule has 0 saturated carbocycles. The van der Waals surface area contributed by atoms with Crippen molar-refractivity contribution in [1.82, 2.24) is 9.97 Å². The van der Waals surface area contributed by atoms with Crippen LogP contribution in [-0.2, 0) is 4.74 Å². The lowest BCUT2D eigenvalue weighted by Gasteiger charge is -2.25. The molecule has 0 radical (unpaired) electrons. The quantitative estimate of drug-likeness (QED) is 0.775. The Morgan fingerprint density at radius 3 is 3.06 bits per heavy atom. The Bertz CT molecular complexity index is 366. The number of hydrogen-bond acceptors (Lipinski definition) is 4. The summed E-state index contributed by atoms with van der Waals surface area (Å²) in [5, 5.41) is 0.509. The Kier molecular flexibility index (Phi) is 4.18. The number of aromatic nitrogens is 2. The van der Waals surface area contributed by atoms with Gasteiger partial charge < -0.3 is 9.64 Å². The number of hydrogen-bond donors (Lipinski definition) is 0. The number of anilines is 1. The van der Waals surface area contributed by atoms with Gasteiger partial charge in [-0.1, -0.05) is 11.6 Å². The predicted molar refractivity (Wildman–Crippen MR) is 68.6 cm³/mol. The molecule has 0 bridgehead atoms. The summed E-state index contributed by atoms with van der Waals surface area (Å²) in [7, 11) is 0. The van der Waals surface area contributed by atoms with Crippen LogP contribution in [0.15, 0.2) is 6.07 Å². The van der Waals surface area contributed by atoms with Gasteiger partial charge in [0.1, 0.15) is 16.8 Å². The van der Waals surface area contributed by atoms with Crippen LogP contribution < -0.4 is 4.90 Å². The second-order valence-corrected chi connectivity index (χ2v) is 4.63. The lowest BCUT2D eigenvalue weighted by Crippen LogP contribution is -2.34. The van der Waals surface area contributed by atoms with Crippen molar-refractivity contribution < 1.29 is 4.74 Å². The van der Waals surface area contributed by atoms with E-state index in [1.165, 1.54) is 6.42 Å². The van der Waals surface area contributed by atoms with E-state index in [1.54, 1.807) is 0 Å². The molecular weight excluding hydrogens is 238 g/mol. The summed E-state index contributed by atoms with van der Waals surface area (Å²) >= 11 is 5.97. The summed E-state index contributed by atoms with van der Waals surface area (Å²) < 4.78 is 5.51. The molecule has 0 amide bonds. The van der Waals surface area contributed by atoms with E-state index >= 15 is 0 Å². The van der Waals surface area contributed by atoms with Crippen LogP contribution in [0.25, 0.3) is 0 Å². The summed E-state index contributed by atoms with van der Waals surface area (Å²) in [5.74, 6) is 1.64. The molecule has 0 N–H and O–H groups in total. The van der Waals surface area contributed by atoms with Gasteiger partial charge in [-0.15, -0.1) is 0 Å². The molecule has 4 nitrogen and oxygen atoms in total. The Morgan fingerprint density at radius 2 is 2.35 bits per heavy atom. The predicted octanol–water partition coefficient (Wildman–Crippen LogP) is 2.44. The van der Waals surface area contributed by atoms with Crippen molar-refractivity contribution in [2.45, 2.75) is 32.7 Å². The standard InChI is InChI=1S/C12H18ClN3O/c1-3-17-8-10-5-4-6-16(10)12-7-11(13)14-9(2)15-12/h7,10H,3-6,8H2,1-2H3. The fourth-order valence-corrected chi connectivity index (χ4v) is 2.45. The van der Waals surface area contributed by atoms with Crippen LogP contribution in [0.4, 0.5) is 5.82 Å². The van der Waals surface area contributed by atoms with Gasteiger partial charge in [0.15, 0.2) is 0 Å². The van der Waals surface area contributed by atoms with Crippen molar-refractivity contribution in [3.8, 4) is 0 Å². The van der Waals surface area contributed by atoms with E-state index in [2.05, 4.69) is 14.9 Å². The number of ether oxygens (including phenoxy) is 1. The molecule has 1 aromatic rings. The third-order valence-corrected chi connectivity index (χ3v) is 3.17. The van der Waals surface area contributed by atoms with Gasteiger partial charge in [0.2, 0.25) is 0 Å². The van der Waals surface area contributed by atoms with Crippen LogP contribution in [0.3, 0.4) is 0 Å². The van der Waals surface area contributed by atoms with E-state index in [9.17, 15) is 0 Å². The van der Waals surface area contributed by atoms with Crippen molar-refractivity contribution in [2.75, 3.05) is 24.7 Å². The summed E-state index contributed by atoms with van der Waals surface area (Å²) in [4.78, 5) is 10.8. The van der Waals surface area contributed by atoms with Gasteiger partial charge in [0.05, 0.1) is 12.6 Å². The number of aryl methyl sites for hydroxylation is 1. The Morgan fingerprint density at radius 1 is 1.53 bits per heavy atom. The molecule has 17 heavy (non-hydrogen) atoms. The zero-order valence-electron chi connectivity index (χ0n) is 10.3. The third kappa shape index (κ3) is 3.07. The third-order valence-electron chi connectivity index (χ3n) is 2.98. The Labute approximate surface area is 107 Å². The van der Waals surface area contributed by atoms with Gasteiger partial charge >= 0.3 is 0 Å². The maximum absolute atomic E-state index is 5.97. The van der Waals surface area contributed by atoms with E-state index < -0.39 is 0 Å². The zero-order chi connectivity index (χ0) is 12.3. The highest BCUT2D eigenvalue weighted by Gasteiger charge is 2.26. The SMILES string of the molecule is CCOCC1CCCN1c1cc(Cl)nc(C)n1. The van der Waals surface area contributed by atoms with E-state index in [1.807, 2.05) is 19.9 Å². The molecule has 0 aromatic carbocycles. The summed E-state index contributed by atoms with van der Waals surface area (Å²) in [6.07, 6.45) is 2.33. The molecule has 1 unspecified atom stereocenters. The van der Waals surface area contributed by atoms with Crippen molar-refractivity contribution in [3.05, 3.63) is 17.0 Å². The monoisotopic (exact) mass is 255 g/mol. The average molecular weight is 256 g/mol. The minimum atomic E-state index is 0.417. The van der Waals surface area contributed by atoms with Gasteiger partial charge in [-0.25, -0.2) is 9.97 Å². The lowest BCUT2D eigenvalue weighted by molar-refractivity contribution is 0.133. The second-order valence-electron chi connectivity index (χ2n) is 4.24. The van der Waals surface area contributed by atoms with Crippen LogP contribution in [0.5, 0.6) is 0 Å². The highest BCUT2D eigenvalue weighted by molar-refractivity contribution is 6.29. The summed E-state index contributed by atoms with van der Waals surface area (Å²) in [5.41, 5.74) is 0. The molecule has 1 aliphatic heterocycles. The Balaban J connectivity index is 2.14. The fourth-order valence-electron chi connectivity index (χ4n) is 2.23. The normalized spacial score (nSPS) is 19.9. The summed E-state index contributed by atoms with van der Waals surface area (Å²) in [6.45, 7) is 6.42. The van der Waals surface area contributed by atoms with Gasteiger partial charge in [0.25, 0.3) is 0 Å². The molecule has 5 heteroatoms.